The molecular formula is C12H13NO2. The highest BCUT2D eigenvalue weighted by Gasteiger charge is 2.17. The number of carbonyl (C=O) groups excluding carboxylic acids is 1. The summed E-state index contributed by atoms with van der Waals surface area (Å²) in [6.45, 7) is 0.656. The minimum Gasteiger partial charge on any atom is -0.512 e. The fourth-order valence-electron chi connectivity index (χ4n) is 1.69. The van der Waals surface area contributed by atoms with Crippen molar-refractivity contribution in [3.63, 3.8) is 0 Å². The number of para-hydroxylation sites is 1. The molecule has 1 heterocycles. The van der Waals surface area contributed by atoms with E-state index in [1.807, 2.05) is 30.3 Å². The Balaban J connectivity index is 2.26. The summed E-state index contributed by atoms with van der Waals surface area (Å²) in [5.41, 5.74) is 0.883. The van der Waals surface area contributed by atoms with Gasteiger partial charge in [-0.25, -0.2) is 0 Å². The Morgan fingerprint density at radius 2 is 1.93 bits per heavy atom. The summed E-state index contributed by atoms with van der Waals surface area (Å²) in [6, 6.07) is 9.51. The molecule has 3 heteroatoms. The highest BCUT2D eigenvalue weighted by molar-refractivity contribution is 6.01. The van der Waals surface area contributed by atoms with Crippen LogP contribution in [0.25, 0.3) is 0 Å². The number of rotatable bonds is 1. The molecule has 0 fully saturated rings. The number of hydrogen-bond acceptors (Lipinski definition) is 2. The molecule has 0 radical (unpaired) electrons. The third-order valence-electron chi connectivity index (χ3n) is 2.44. The molecule has 0 aromatic heterocycles. The van der Waals surface area contributed by atoms with Crippen LogP contribution >= 0.6 is 0 Å². The van der Waals surface area contributed by atoms with Crippen molar-refractivity contribution in [3.8, 4) is 0 Å². The van der Waals surface area contributed by atoms with Crippen LogP contribution in [0.3, 0.4) is 0 Å². The molecule has 1 amide bonds. The number of aliphatic hydroxyl groups excluding tert-OH is 1. The van der Waals surface area contributed by atoms with Crippen LogP contribution in [0.15, 0.2) is 42.2 Å². The van der Waals surface area contributed by atoms with Crippen molar-refractivity contribution in [3.05, 3.63) is 42.2 Å². The van der Waals surface area contributed by atoms with Crippen molar-refractivity contribution >= 4 is 11.6 Å². The van der Waals surface area contributed by atoms with Crippen molar-refractivity contribution in [1.82, 2.24) is 0 Å². The van der Waals surface area contributed by atoms with Crippen molar-refractivity contribution in [2.24, 2.45) is 0 Å². The lowest BCUT2D eigenvalue weighted by molar-refractivity contribution is -0.114. The second-order valence-electron chi connectivity index (χ2n) is 3.56. The van der Waals surface area contributed by atoms with Gasteiger partial charge < -0.3 is 10.0 Å². The Kier molecular flexibility index (Phi) is 2.72. The molecule has 0 unspecified atom stereocenters. The maximum Gasteiger partial charge on any atom is 0.254 e. The van der Waals surface area contributed by atoms with Crippen LogP contribution in [-0.2, 0) is 4.79 Å². The van der Waals surface area contributed by atoms with Crippen molar-refractivity contribution in [2.45, 2.75) is 12.8 Å². The number of hydrogen-bond donors (Lipinski definition) is 1. The summed E-state index contributed by atoms with van der Waals surface area (Å²) in [5, 5.41) is 9.34. The monoisotopic (exact) mass is 203 g/mol. The molecule has 0 saturated carbocycles. The first-order chi connectivity index (χ1) is 7.27. The predicted molar refractivity (Wildman–Crippen MR) is 58.7 cm³/mol. The Morgan fingerprint density at radius 3 is 2.67 bits per heavy atom. The van der Waals surface area contributed by atoms with E-state index in [1.165, 1.54) is 6.08 Å². The van der Waals surface area contributed by atoms with Gasteiger partial charge in [-0.2, -0.15) is 0 Å². The molecule has 1 aromatic rings. The molecule has 1 aliphatic rings. The molecule has 1 N–H and O–H groups in total. The van der Waals surface area contributed by atoms with Gasteiger partial charge in [-0.05, 0) is 18.6 Å². The van der Waals surface area contributed by atoms with Crippen LogP contribution in [0.1, 0.15) is 12.8 Å². The zero-order valence-corrected chi connectivity index (χ0v) is 8.39. The third kappa shape index (κ3) is 2.18. The fourth-order valence-corrected chi connectivity index (χ4v) is 1.69. The van der Waals surface area contributed by atoms with Crippen LogP contribution in [0, 0.1) is 0 Å². The van der Waals surface area contributed by atoms with E-state index in [-0.39, 0.29) is 11.7 Å². The maximum absolute atomic E-state index is 11.7. The molecule has 3 nitrogen and oxygen atoms in total. The minimum absolute atomic E-state index is 0.142. The lowest BCUT2D eigenvalue weighted by atomic mass is 10.2. The van der Waals surface area contributed by atoms with Crippen LogP contribution in [0.4, 0.5) is 5.69 Å². The first-order valence-corrected chi connectivity index (χ1v) is 5.03. The molecule has 0 bridgehead atoms. The molecule has 15 heavy (non-hydrogen) atoms. The molecule has 1 aromatic carbocycles. The normalized spacial score (nSPS) is 17.2. The second kappa shape index (κ2) is 4.17. The summed E-state index contributed by atoms with van der Waals surface area (Å²) >= 11 is 0. The van der Waals surface area contributed by atoms with E-state index < -0.39 is 0 Å². The van der Waals surface area contributed by atoms with Gasteiger partial charge in [0.1, 0.15) is 0 Å². The molecule has 0 spiro atoms. The number of allylic oxidation sites excluding steroid dienone is 1. The summed E-state index contributed by atoms with van der Waals surface area (Å²) in [4.78, 5) is 13.4. The Bertz CT molecular complexity index is 384. The summed E-state index contributed by atoms with van der Waals surface area (Å²) in [7, 11) is 0. The van der Waals surface area contributed by atoms with Crippen LogP contribution in [-0.4, -0.2) is 17.6 Å². The van der Waals surface area contributed by atoms with Crippen molar-refractivity contribution in [2.75, 3.05) is 11.4 Å². The maximum atomic E-state index is 11.7. The zero-order chi connectivity index (χ0) is 10.7. The summed E-state index contributed by atoms with van der Waals surface area (Å²) < 4.78 is 0. The Labute approximate surface area is 88.6 Å². The predicted octanol–water partition coefficient (Wildman–Crippen LogP) is 2.26. The summed E-state index contributed by atoms with van der Waals surface area (Å²) in [6.07, 6.45) is 2.68. The van der Waals surface area contributed by atoms with E-state index in [2.05, 4.69) is 0 Å². The molecule has 0 atom stereocenters. The average molecular weight is 203 g/mol. The number of anilines is 1. The number of amides is 1. The smallest absolute Gasteiger partial charge is 0.254 e. The molecule has 0 saturated heterocycles. The topological polar surface area (TPSA) is 40.5 Å². The zero-order valence-electron chi connectivity index (χ0n) is 8.39. The molecular weight excluding hydrogens is 190 g/mol. The molecule has 1 aliphatic heterocycles. The number of nitrogens with zero attached hydrogens (tertiary/aromatic N) is 1. The first-order valence-electron chi connectivity index (χ1n) is 5.03. The lowest BCUT2D eigenvalue weighted by Gasteiger charge is -2.19. The van der Waals surface area contributed by atoms with Crippen molar-refractivity contribution in [1.29, 1.82) is 0 Å². The Morgan fingerprint density at radius 1 is 1.20 bits per heavy atom. The van der Waals surface area contributed by atoms with Gasteiger partial charge in [0.15, 0.2) is 0 Å². The molecule has 2 rings (SSSR count). The van der Waals surface area contributed by atoms with E-state index in [4.69, 9.17) is 0 Å². The second-order valence-corrected chi connectivity index (χ2v) is 3.56. The fraction of sp³-hybridized carbons (Fsp3) is 0.250. The van der Waals surface area contributed by atoms with Crippen LogP contribution < -0.4 is 4.90 Å². The van der Waals surface area contributed by atoms with E-state index in [0.29, 0.717) is 13.0 Å². The van der Waals surface area contributed by atoms with E-state index in [1.54, 1.807) is 4.90 Å². The average Bonchev–Trinajstić information content (AvgIpc) is 2.40. The number of aliphatic hydroxyl groups is 1. The SMILES string of the molecule is O=C1C=C(O)CCCN1c1ccccc1. The third-order valence-corrected chi connectivity index (χ3v) is 2.44. The van der Waals surface area contributed by atoms with Gasteiger partial charge >= 0.3 is 0 Å². The lowest BCUT2D eigenvalue weighted by Crippen LogP contribution is -2.29. The van der Waals surface area contributed by atoms with Crippen molar-refractivity contribution < 1.29 is 9.90 Å². The van der Waals surface area contributed by atoms with Gasteiger partial charge in [0.25, 0.3) is 5.91 Å². The van der Waals surface area contributed by atoms with Gasteiger partial charge in [0, 0.05) is 24.7 Å². The van der Waals surface area contributed by atoms with Gasteiger partial charge in [-0.3, -0.25) is 4.79 Å². The molecule has 0 aliphatic carbocycles. The first kappa shape index (κ1) is 9.77. The summed E-state index contributed by atoms with van der Waals surface area (Å²) in [5.74, 6) is 0.0367. The Hall–Kier alpha value is -1.77. The van der Waals surface area contributed by atoms with E-state index in [9.17, 15) is 9.90 Å². The highest BCUT2D eigenvalue weighted by atomic mass is 16.3. The largest absolute Gasteiger partial charge is 0.512 e. The van der Waals surface area contributed by atoms with Gasteiger partial charge in [0.05, 0.1) is 5.76 Å². The van der Waals surface area contributed by atoms with Crippen LogP contribution in [0.2, 0.25) is 0 Å². The van der Waals surface area contributed by atoms with Crippen LogP contribution in [0.5, 0.6) is 0 Å². The van der Waals surface area contributed by atoms with E-state index in [0.717, 1.165) is 12.1 Å². The highest BCUT2D eigenvalue weighted by Crippen LogP contribution is 2.18. The minimum atomic E-state index is -0.142. The number of benzene rings is 1. The quantitative estimate of drug-likeness (QED) is 0.760. The number of carbonyl (C=O) groups is 1. The van der Waals surface area contributed by atoms with Gasteiger partial charge in [-0.1, -0.05) is 18.2 Å². The van der Waals surface area contributed by atoms with E-state index >= 15 is 0 Å². The standard InChI is InChI=1S/C12H13NO2/c14-11-7-4-8-13(12(15)9-11)10-5-2-1-3-6-10/h1-3,5-6,9,14H,4,7-8H2. The molecule has 78 valence electrons. The van der Waals surface area contributed by atoms with Gasteiger partial charge in [0.2, 0.25) is 0 Å². The van der Waals surface area contributed by atoms with Gasteiger partial charge in [-0.15, -0.1) is 0 Å².